The molecule has 7 heteroatoms. The second-order valence-electron chi connectivity index (χ2n) is 7.50. The van der Waals surface area contributed by atoms with Gasteiger partial charge in [0.05, 0.1) is 42.7 Å². The number of anilines is 2. The normalized spacial score (nSPS) is 13.2. The van der Waals surface area contributed by atoms with Gasteiger partial charge in [-0.3, -0.25) is 4.98 Å². The van der Waals surface area contributed by atoms with Gasteiger partial charge in [0.1, 0.15) is 5.82 Å². The molecule has 0 unspecified atom stereocenters. The van der Waals surface area contributed by atoms with Crippen LogP contribution in [0.25, 0.3) is 10.9 Å². The lowest BCUT2D eigenvalue weighted by Crippen LogP contribution is -2.44. The van der Waals surface area contributed by atoms with Crippen LogP contribution in [-0.4, -0.2) is 34.0 Å². The summed E-state index contributed by atoms with van der Waals surface area (Å²) in [6.07, 6.45) is 1.66. The molecule has 32 heavy (non-hydrogen) atoms. The molecule has 0 saturated carbocycles. The van der Waals surface area contributed by atoms with Crippen molar-refractivity contribution >= 4 is 34.4 Å². The highest BCUT2D eigenvalue weighted by atomic mass is 16.5. The summed E-state index contributed by atoms with van der Waals surface area (Å²) >= 11 is 0. The number of hydrogen-bond donors (Lipinski definition) is 0. The van der Waals surface area contributed by atoms with E-state index in [1.54, 1.807) is 35.4 Å². The minimum absolute atomic E-state index is 0.229. The molecule has 0 fully saturated rings. The van der Waals surface area contributed by atoms with Gasteiger partial charge in [-0.2, -0.15) is 0 Å². The number of aromatic nitrogens is 2. The highest BCUT2D eigenvalue weighted by Gasteiger charge is 2.33. The number of fused-ring (bicyclic) bond motifs is 2. The summed E-state index contributed by atoms with van der Waals surface area (Å²) in [5, 5.41) is 1.05. The summed E-state index contributed by atoms with van der Waals surface area (Å²) in [5.41, 5.74) is 3.51. The minimum Gasteiger partial charge on any atom is -0.465 e. The van der Waals surface area contributed by atoms with Crippen LogP contribution >= 0.6 is 0 Å². The van der Waals surface area contributed by atoms with Crippen LogP contribution in [-0.2, 0) is 17.8 Å². The molecule has 1 aliphatic rings. The molecule has 2 aromatic heterocycles. The van der Waals surface area contributed by atoms with Gasteiger partial charge >= 0.3 is 12.0 Å². The first-order valence-corrected chi connectivity index (χ1v) is 10.2. The molecule has 0 saturated heterocycles. The number of hydrogen-bond acceptors (Lipinski definition) is 5. The number of urea groups is 1. The van der Waals surface area contributed by atoms with Crippen LogP contribution in [0.5, 0.6) is 0 Å². The predicted molar refractivity (Wildman–Crippen MR) is 121 cm³/mol. The van der Waals surface area contributed by atoms with Crippen molar-refractivity contribution in [1.82, 2.24) is 14.9 Å². The summed E-state index contributed by atoms with van der Waals surface area (Å²) in [5.74, 6) is 0.0945. The van der Waals surface area contributed by atoms with Crippen LogP contribution in [0.2, 0.25) is 0 Å². The van der Waals surface area contributed by atoms with Crippen LogP contribution in [0.3, 0.4) is 0 Å². The van der Waals surface area contributed by atoms with Crippen molar-refractivity contribution in [2.24, 2.45) is 0 Å². The van der Waals surface area contributed by atoms with E-state index in [2.05, 4.69) is 4.98 Å². The molecule has 0 aliphatic carbocycles. The number of para-hydroxylation sites is 1. The standard InChI is InChI=1S/C25H20N4O3/c1-32-24(30)18-7-4-9-21(14-18)29-23-19(8-5-13-26-23)15-28(25(29)31)16-20-12-11-17-6-2-3-10-22(17)27-20/h2-14H,15-16H2,1H3. The summed E-state index contributed by atoms with van der Waals surface area (Å²) in [6.45, 7) is 0.773. The Kier molecular flexibility index (Phi) is 4.99. The molecule has 0 bridgehead atoms. The van der Waals surface area contributed by atoms with E-state index >= 15 is 0 Å². The van der Waals surface area contributed by atoms with Crippen molar-refractivity contribution in [1.29, 1.82) is 0 Å². The third-order valence-electron chi connectivity index (χ3n) is 5.44. The van der Waals surface area contributed by atoms with E-state index in [4.69, 9.17) is 9.72 Å². The Balaban J connectivity index is 1.52. The highest BCUT2D eigenvalue weighted by Crippen LogP contribution is 2.34. The fourth-order valence-electron chi connectivity index (χ4n) is 3.90. The zero-order valence-electron chi connectivity index (χ0n) is 17.4. The molecule has 7 nitrogen and oxygen atoms in total. The minimum atomic E-state index is -0.463. The lowest BCUT2D eigenvalue weighted by Gasteiger charge is -2.36. The Bertz CT molecular complexity index is 1340. The molecule has 1 aliphatic heterocycles. The van der Waals surface area contributed by atoms with E-state index < -0.39 is 5.97 Å². The van der Waals surface area contributed by atoms with E-state index in [0.717, 1.165) is 22.2 Å². The van der Waals surface area contributed by atoms with Crippen molar-refractivity contribution in [3.8, 4) is 0 Å². The molecule has 0 atom stereocenters. The number of amides is 2. The van der Waals surface area contributed by atoms with Gasteiger partial charge in [-0.25, -0.2) is 19.5 Å². The van der Waals surface area contributed by atoms with Crippen LogP contribution in [0.1, 0.15) is 21.6 Å². The van der Waals surface area contributed by atoms with Gasteiger partial charge in [0.25, 0.3) is 0 Å². The number of pyridine rings is 2. The maximum absolute atomic E-state index is 13.6. The average Bonchev–Trinajstić information content (AvgIpc) is 2.84. The predicted octanol–water partition coefficient (Wildman–Crippen LogP) is 4.69. The van der Waals surface area contributed by atoms with E-state index in [9.17, 15) is 9.59 Å². The molecule has 0 N–H and O–H groups in total. The summed E-state index contributed by atoms with van der Waals surface area (Å²) in [7, 11) is 1.33. The average molecular weight is 424 g/mol. The highest BCUT2D eigenvalue weighted by molar-refractivity contribution is 6.02. The van der Waals surface area contributed by atoms with E-state index in [0.29, 0.717) is 30.2 Å². The van der Waals surface area contributed by atoms with Crippen molar-refractivity contribution in [2.45, 2.75) is 13.1 Å². The smallest absolute Gasteiger partial charge is 0.337 e. The maximum Gasteiger partial charge on any atom is 0.337 e. The van der Waals surface area contributed by atoms with Crippen LogP contribution in [0.4, 0.5) is 16.3 Å². The monoisotopic (exact) mass is 424 g/mol. The first-order chi connectivity index (χ1) is 15.6. The van der Waals surface area contributed by atoms with E-state index in [1.807, 2.05) is 48.5 Å². The molecule has 0 radical (unpaired) electrons. The largest absolute Gasteiger partial charge is 0.465 e. The first-order valence-electron chi connectivity index (χ1n) is 10.2. The lowest BCUT2D eigenvalue weighted by molar-refractivity contribution is 0.0600. The summed E-state index contributed by atoms with van der Waals surface area (Å²) < 4.78 is 4.83. The molecular formula is C25H20N4O3. The Labute approximate surface area is 184 Å². The number of carbonyl (C=O) groups is 2. The molecule has 4 aromatic rings. The zero-order chi connectivity index (χ0) is 22.1. The van der Waals surface area contributed by atoms with Crippen LogP contribution in [0.15, 0.2) is 79.0 Å². The van der Waals surface area contributed by atoms with Crippen LogP contribution < -0.4 is 4.90 Å². The number of esters is 1. The van der Waals surface area contributed by atoms with Gasteiger partial charge in [-0.15, -0.1) is 0 Å². The number of rotatable bonds is 4. The second kappa shape index (κ2) is 8.11. The van der Waals surface area contributed by atoms with Gasteiger partial charge in [0, 0.05) is 17.1 Å². The van der Waals surface area contributed by atoms with Crippen molar-refractivity contribution in [3.63, 3.8) is 0 Å². The number of benzene rings is 2. The van der Waals surface area contributed by atoms with E-state index in [1.165, 1.54) is 12.0 Å². The Morgan fingerprint density at radius 3 is 2.78 bits per heavy atom. The van der Waals surface area contributed by atoms with Crippen LogP contribution in [0, 0.1) is 0 Å². The van der Waals surface area contributed by atoms with Crippen molar-refractivity contribution in [2.75, 3.05) is 12.0 Å². The van der Waals surface area contributed by atoms with Crippen molar-refractivity contribution < 1.29 is 14.3 Å². The molecule has 2 amide bonds. The second-order valence-corrected chi connectivity index (χ2v) is 7.50. The third-order valence-corrected chi connectivity index (χ3v) is 5.44. The Morgan fingerprint density at radius 1 is 1.03 bits per heavy atom. The maximum atomic E-state index is 13.6. The number of nitrogens with zero attached hydrogens (tertiary/aromatic N) is 4. The first kappa shape index (κ1) is 19.7. The number of methoxy groups -OCH3 is 1. The molecule has 3 heterocycles. The Morgan fingerprint density at radius 2 is 1.91 bits per heavy atom. The van der Waals surface area contributed by atoms with E-state index in [-0.39, 0.29) is 6.03 Å². The molecule has 5 rings (SSSR count). The fraction of sp³-hybridized carbons (Fsp3) is 0.120. The summed E-state index contributed by atoms with van der Waals surface area (Å²) in [4.78, 5) is 38.0. The molecule has 158 valence electrons. The Hall–Kier alpha value is -4.26. The topological polar surface area (TPSA) is 75.6 Å². The SMILES string of the molecule is COC(=O)c1cccc(N2C(=O)N(Cc3ccc4ccccc4n3)Cc3cccnc32)c1. The molecular weight excluding hydrogens is 404 g/mol. The lowest BCUT2D eigenvalue weighted by atomic mass is 10.1. The van der Waals surface area contributed by atoms with Gasteiger partial charge in [0.2, 0.25) is 0 Å². The molecule has 2 aromatic carbocycles. The van der Waals surface area contributed by atoms with Gasteiger partial charge in [-0.1, -0.05) is 36.4 Å². The molecule has 0 spiro atoms. The summed E-state index contributed by atoms with van der Waals surface area (Å²) in [6, 6.07) is 22.2. The fourth-order valence-corrected chi connectivity index (χ4v) is 3.90. The quantitative estimate of drug-likeness (QED) is 0.444. The number of carbonyl (C=O) groups excluding carboxylic acids is 2. The van der Waals surface area contributed by atoms with Crippen molar-refractivity contribution in [3.05, 3.63) is 95.8 Å². The van der Waals surface area contributed by atoms with Gasteiger partial charge < -0.3 is 9.64 Å². The van der Waals surface area contributed by atoms with Gasteiger partial charge in [-0.05, 0) is 36.4 Å². The van der Waals surface area contributed by atoms with Gasteiger partial charge in [0.15, 0.2) is 0 Å². The number of ether oxygens (including phenoxy) is 1. The zero-order valence-corrected chi connectivity index (χ0v) is 17.4. The third kappa shape index (κ3) is 3.54.